The van der Waals surface area contributed by atoms with Crippen LogP contribution in [0.15, 0.2) is 36.5 Å². The summed E-state index contributed by atoms with van der Waals surface area (Å²) in [5.74, 6) is 0.612. The van der Waals surface area contributed by atoms with Gasteiger partial charge >= 0.3 is 6.18 Å². The van der Waals surface area contributed by atoms with Crippen LogP contribution in [0.2, 0.25) is 0 Å². The van der Waals surface area contributed by atoms with Crippen LogP contribution in [-0.4, -0.2) is 12.1 Å². The number of aryl methyl sites for hydroxylation is 1. The van der Waals surface area contributed by atoms with Crippen molar-refractivity contribution in [2.45, 2.75) is 13.1 Å². The zero-order chi connectivity index (χ0) is 14.8. The van der Waals surface area contributed by atoms with E-state index in [9.17, 15) is 13.2 Å². The van der Waals surface area contributed by atoms with Crippen molar-refractivity contribution >= 4 is 11.5 Å². The standard InChI is InChI=1S/C14H13F3N2O/c1-9-3-4-18-13(5-9)19-11-6-10(14(15,16)17)7-12(8-11)20-2/h3-8H,1-2H3,(H,18,19). The van der Waals surface area contributed by atoms with Gasteiger partial charge in [0.2, 0.25) is 0 Å². The van der Waals surface area contributed by atoms with Crippen molar-refractivity contribution < 1.29 is 17.9 Å². The lowest BCUT2D eigenvalue weighted by Gasteiger charge is -2.13. The van der Waals surface area contributed by atoms with Gasteiger partial charge in [0, 0.05) is 18.0 Å². The minimum absolute atomic E-state index is 0.134. The highest BCUT2D eigenvalue weighted by molar-refractivity contribution is 5.60. The number of hydrogen-bond acceptors (Lipinski definition) is 3. The van der Waals surface area contributed by atoms with E-state index in [2.05, 4.69) is 10.3 Å². The molecule has 0 unspecified atom stereocenters. The van der Waals surface area contributed by atoms with Gasteiger partial charge in [-0.3, -0.25) is 0 Å². The third-order valence-corrected chi connectivity index (χ3v) is 2.66. The normalized spacial score (nSPS) is 11.2. The molecule has 0 saturated carbocycles. The molecule has 1 N–H and O–H groups in total. The monoisotopic (exact) mass is 282 g/mol. The third kappa shape index (κ3) is 3.40. The molecule has 20 heavy (non-hydrogen) atoms. The maximum atomic E-state index is 12.8. The molecule has 3 nitrogen and oxygen atoms in total. The van der Waals surface area contributed by atoms with E-state index in [1.807, 2.05) is 6.92 Å². The lowest BCUT2D eigenvalue weighted by molar-refractivity contribution is -0.137. The first-order valence-electron chi connectivity index (χ1n) is 5.84. The second-order valence-corrected chi connectivity index (χ2v) is 4.29. The fourth-order valence-corrected chi connectivity index (χ4v) is 1.71. The summed E-state index contributed by atoms with van der Waals surface area (Å²) in [5.41, 5.74) is 0.461. The molecule has 2 aromatic rings. The number of methoxy groups -OCH3 is 1. The first-order valence-corrected chi connectivity index (χ1v) is 5.84. The predicted octanol–water partition coefficient (Wildman–Crippen LogP) is 4.16. The summed E-state index contributed by atoms with van der Waals surface area (Å²) >= 11 is 0. The summed E-state index contributed by atoms with van der Waals surface area (Å²) in [5, 5.41) is 2.84. The van der Waals surface area contributed by atoms with Crippen molar-refractivity contribution in [1.29, 1.82) is 0 Å². The van der Waals surface area contributed by atoms with E-state index in [1.165, 1.54) is 13.2 Å². The summed E-state index contributed by atoms with van der Waals surface area (Å²) in [7, 11) is 1.32. The van der Waals surface area contributed by atoms with Crippen LogP contribution in [0, 0.1) is 6.92 Å². The zero-order valence-corrected chi connectivity index (χ0v) is 11.0. The minimum atomic E-state index is -4.43. The molecule has 0 aliphatic carbocycles. The number of rotatable bonds is 3. The zero-order valence-electron chi connectivity index (χ0n) is 11.0. The Bertz CT molecular complexity index is 612. The predicted molar refractivity (Wildman–Crippen MR) is 70.3 cm³/mol. The highest BCUT2D eigenvalue weighted by atomic mass is 19.4. The van der Waals surface area contributed by atoms with Gasteiger partial charge in [0.1, 0.15) is 11.6 Å². The van der Waals surface area contributed by atoms with Crippen LogP contribution >= 0.6 is 0 Å². The van der Waals surface area contributed by atoms with Crippen molar-refractivity contribution in [3.8, 4) is 5.75 Å². The van der Waals surface area contributed by atoms with Crippen molar-refractivity contribution in [3.63, 3.8) is 0 Å². The van der Waals surface area contributed by atoms with E-state index in [-0.39, 0.29) is 11.4 Å². The van der Waals surface area contributed by atoms with Gasteiger partial charge in [0.25, 0.3) is 0 Å². The summed E-state index contributed by atoms with van der Waals surface area (Å²) in [6.45, 7) is 1.87. The Morgan fingerprint density at radius 1 is 1.15 bits per heavy atom. The quantitative estimate of drug-likeness (QED) is 0.917. The summed E-state index contributed by atoms with van der Waals surface area (Å²) < 4.78 is 43.3. The molecule has 0 bridgehead atoms. The third-order valence-electron chi connectivity index (χ3n) is 2.66. The number of nitrogens with one attached hydrogen (secondary N) is 1. The molecule has 0 fully saturated rings. The molecule has 1 heterocycles. The number of pyridine rings is 1. The molecule has 2 rings (SSSR count). The lowest BCUT2D eigenvalue weighted by Crippen LogP contribution is -2.06. The summed E-state index contributed by atoms with van der Waals surface area (Å²) in [6.07, 6.45) is -2.84. The number of nitrogens with zero attached hydrogens (tertiary/aromatic N) is 1. The Morgan fingerprint density at radius 3 is 2.50 bits per heavy atom. The van der Waals surface area contributed by atoms with Crippen molar-refractivity contribution in [3.05, 3.63) is 47.7 Å². The highest BCUT2D eigenvalue weighted by Gasteiger charge is 2.31. The van der Waals surface area contributed by atoms with Gasteiger partial charge in [-0.1, -0.05) is 0 Å². The minimum Gasteiger partial charge on any atom is -0.497 e. The van der Waals surface area contributed by atoms with Crippen LogP contribution in [0.25, 0.3) is 0 Å². The Labute approximate surface area is 114 Å². The van der Waals surface area contributed by atoms with Crippen molar-refractivity contribution in [1.82, 2.24) is 4.98 Å². The first kappa shape index (κ1) is 14.2. The molecule has 0 spiro atoms. The van der Waals surface area contributed by atoms with Crippen molar-refractivity contribution in [2.24, 2.45) is 0 Å². The fraction of sp³-hybridized carbons (Fsp3) is 0.214. The van der Waals surface area contributed by atoms with Crippen LogP contribution in [0.4, 0.5) is 24.7 Å². The molecule has 1 aromatic carbocycles. The maximum absolute atomic E-state index is 12.8. The van der Waals surface area contributed by atoms with E-state index in [1.54, 1.807) is 18.3 Å². The molecule has 0 aliphatic rings. The molecule has 6 heteroatoms. The first-order chi connectivity index (χ1) is 9.38. The Morgan fingerprint density at radius 2 is 1.90 bits per heavy atom. The highest BCUT2D eigenvalue weighted by Crippen LogP contribution is 2.34. The van der Waals surface area contributed by atoms with Crippen LogP contribution in [0.3, 0.4) is 0 Å². The van der Waals surface area contributed by atoms with Crippen molar-refractivity contribution in [2.75, 3.05) is 12.4 Å². The average molecular weight is 282 g/mol. The van der Waals surface area contributed by atoms with Gasteiger partial charge in [0.05, 0.1) is 12.7 Å². The largest absolute Gasteiger partial charge is 0.497 e. The maximum Gasteiger partial charge on any atom is 0.416 e. The second kappa shape index (κ2) is 5.40. The summed E-state index contributed by atoms with van der Waals surface area (Å²) in [6, 6.07) is 7.01. The van der Waals surface area contributed by atoms with Crippen LogP contribution in [0.5, 0.6) is 5.75 Å². The smallest absolute Gasteiger partial charge is 0.416 e. The molecule has 0 radical (unpaired) electrons. The lowest BCUT2D eigenvalue weighted by atomic mass is 10.1. The molecular weight excluding hydrogens is 269 g/mol. The van der Waals surface area contributed by atoms with E-state index >= 15 is 0 Å². The average Bonchev–Trinajstić information content (AvgIpc) is 2.37. The number of aromatic nitrogens is 1. The molecule has 0 aliphatic heterocycles. The Kier molecular flexibility index (Phi) is 3.83. The fourth-order valence-electron chi connectivity index (χ4n) is 1.71. The number of hydrogen-bond donors (Lipinski definition) is 1. The SMILES string of the molecule is COc1cc(Nc2cc(C)ccn2)cc(C(F)(F)F)c1. The number of anilines is 2. The van der Waals surface area contributed by atoms with Gasteiger partial charge in [-0.25, -0.2) is 4.98 Å². The van der Waals surface area contributed by atoms with E-state index in [0.717, 1.165) is 17.7 Å². The van der Waals surface area contributed by atoms with Crippen LogP contribution < -0.4 is 10.1 Å². The van der Waals surface area contributed by atoms with E-state index < -0.39 is 11.7 Å². The van der Waals surface area contributed by atoms with Gasteiger partial charge in [-0.2, -0.15) is 13.2 Å². The molecular formula is C14H13F3N2O. The Hall–Kier alpha value is -2.24. The van der Waals surface area contributed by atoms with Crippen LogP contribution in [-0.2, 0) is 6.18 Å². The topological polar surface area (TPSA) is 34.1 Å². The molecule has 0 atom stereocenters. The van der Waals surface area contributed by atoms with E-state index in [4.69, 9.17) is 4.74 Å². The number of benzene rings is 1. The van der Waals surface area contributed by atoms with E-state index in [0.29, 0.717) is 5.82 Å². The second-order valence-electron chi connectivity index (χ2n) is 4.29. The molecule has 0 amide bonds. The summed E-state index contributed by atoms with van der Waals surface area (Å²) in [4.78, 5) is 4.05. The number of alkyl halides is 3. The van der Waals surface area contributed by atoms with Crippen LogP contribution in [0.1, 0.15) is 11.1 Å². The number of ether oxygens (including phenoxy) is 1. The number of halogens is 3. The molecule has 0 saturated heterocycles. The van der Waals surface area contributed by atoms with Gasteiger partial charge in [0.15, 0.2) is 0 Å². The molecule has 106 valence electrons. The molecule has 1 aromatic heterocycles. The van der Waals surface area contributed by atoms with Gasteiger partial charge in [-0.05, 0) is 36.8 Å². The van der Waals surface area contributed by atoms with Gasteiger partial charge < -0.3 is 10.1 Å². The van der Waals surface area contributed by atoms with Gasteiger partial charge in [-0.15, -0.1) is 0 Å². The Balaban J connectivity index is 2.36.